The molecule has 0 bridgehead atoms. The molecule has 88 valence electrons. The van der Waals surface area contributed by atoms with Gasteiger partial charge in [-0.15, -0.1) is 0 Å². The molecule has 0 spiro atoms. The lowest BCUT2D eigenvalue weighted by Gasteiger charge is -2.24. The third kappa shape index (κ3) is 2.34. The second kappa shape index (κ2) is 4.40. The predicted octanol–water partition coefficient (Wildman–Crippen LogP) is 3.72. The van der Waals surface area contributed by atoms with Crippen molar-refractivity contribution >= 4 is 0 Å². The van der Waals surface area contributed by atoms with Crippen LogP contribution >= 0.6 is 0 Å². The van der Waals surface area contributed by atoms with E-state index in [4.69, 9.17) is 0 Å². The Morgan fingerprint density at radius 2 is 2.12 bits per heavy atom. The predicted molar refractivity (Wildman–Crippen MR) is 59.0 cm³/mol. The van der Waals surface area contributed by atoms with Gasteiger partial charge in [0, 0.05) is 0 Å². The zero-order chi connectivity index (χ0) is 11.7. The zero-order valence-electron chi connectivity index (χ0n) is 9.59. The first kappa shape index (κ1) is 11.4. The number of hydrogen-bond donors (Lipinski definition) is 0. The molecule has 0 aliphatic heterocycles. The molecule has 1 aliphatic rings. The van der Waals surface area contributed by atoms with E-state index in [1.54, 1.807) is 6.07 Å². The van der Waals surface area contributed by atoms with Gasteiger partial charge in [-0.3, -0.25) is 0 Å². The van der Waals surface area contributed by atoms with Gasteiger partial charge >= 0.3 is 6.61 Å². The van der Waals surface area contributed by atoms with Crippen LogP contribution in [0.1, 0.15) is 30.0 Å². The molecule has 0 aromatic heterocycles. The van der Waals surface area contributed by atoms with Crippen LogP contribution in [0.25, 0.3) is 0 Å². The van der Waals surface area contributed by atoms with Crippen LogP contribution < -0.4 is 4.74 Å². The van der Waals surface area contributed by atoms with Gasteiger partial charge in [0.1, 0.15) is 5.75 Å². The largest absolute Gasteiger partial charge is 0.435 e. The summed E-state index contributed by atoms with van der Waals surface area (Å²) in [6.07, 6.45) is 2.94. The molecule has 0 fully saturated rings. The first-order chi connectivity index (χ1) is 7.56. The molecular weight excluding hydrogens is 210 g/mol. The van der Waals surface area contributed by atoms with Crippen molar-refractivity contribution in [3.05, 3.63) is 28.8 Å². The van der Waals surface area contributed by atoms with Gasteiger partial charge in [-0.2, -0.15) is 8.78 Å². The van der Waals surface area contributed by atoms with Crippen LogP contribution in [0.3, 0.4) is 0 Å². The van der Waals surface area contributed by atoms with E-state index in [2.05, 4.69) is 17.7 Å². The van der Waals surface area contributed by atoms with Crippen molar-refractivity contribution in [2.75, 3.05) is 0 Å². The molecule has 0 heterocycles. The van der Waals surface area contributed by atoms with E-state index >= 15 is 0 Å². The number of aryl methyl sites for hydroxylation is 2. The Labute approximate surface area is 94.4 Å². The molecule has 1 aromatic rings. The van der Waals surface area contributed by atoms with Crippen molar-refractivity contribution in [2.45, 2.75) is 39.7 Å². The number of fused-ring (bicyclic) bond motifs is 1. The lowest BCUT2D eigenvalue weighted by atomic mass is 9.84. The van der Waals surface area contributed by atoms with Crippen molar-refractivity contribution in [2.24, 2.45) is 5.92 Å². The molecule has 1 unspecified atom stereocenters. The molecule has 1 atom stereocenters. The summed E-state index contributed by atoms with van der Waals surface area (Å²) in [7, 11) is 0. The fourth-order valence-corrected chi connectivity index (χ4v) is 2.36. The minimum Gasteiger partial charge on any atom is -0.435 e. The Kier molecular flexibility index (Phi) is 3.13. The van der Waals surface area contributed by atoms with Crippen LogP contribution in [0.5, 0.6) is 5.75 Å². The Morgan fingerprint density at radius 1 is 1.38 bits per heavy atom. The van der Waals surface area contributed by atoms with Gasteiger partial charge in [-0.05, 0) is 54.9 Å². The quantitative estimate of drug-likeness (QED) is 0.746. The minimum atomic E-state index is -2.73. The number of alkyl halides is 2. The molecule has 1 aromatic carbocycles. The standard InChI is InChI=1S/C13H16F2O/c1-8-3-4-10-5-9(2)7-12(11(10)6-8)16-13(14)15/h5,7-8,13H,3-4,6H2,1-2H3. The van der Waals surface area contributed by atoms with Crippen molar-refractivity contribution in [1.29, 1.82) is 0 Å². The van der Waals surface area contributed by atoms with Crippen molar-refractivity contribution in [3.63, 3.8) is 0 Å². The maximum Gasteiger partial charge on any atom is 0.387 e. The van der Waals surface area contributed by atoms with E-state index in [0.717, 1.165) is 30.4 Å². The molecule has 0 radical (unpaired) electrons. The summed E-state index contributed by atoms with van der Waals surface area (Å²) in [6, 6.07) is 3.79. The van der Waals surface area contributed by atoms with Crippen molar-refractivity contribution in [3.8, 4) is 5.75 Å². The second-order valence-corrected chi connectivity index (χ2v) is 4.63. The molecule has 3 heteroatoms. The molecule has 0 saturated heterocycles. The lowest BCUT2D eigenvalue weighted by Crippen LogP contribution is -2.14. The van der Waals surface area contributed by atoms with Gasteiger partial charge in [0.15, 0.2) is 0 Å². The Balaban J connectivity index is 2.39. The van der Waals surface area contributed by atoms with Crippen LogP contribution in [-0.4, -0.2) is 6.61 Å². The highest BCUT2D eigenvalue weighted by Crippen LogP contribution is 2.34. The third-order valence-electron chi connectivity index (χ3n) is 3.12. The molecule has 1 aliphatic carbocycles. The molecule has 16 heavy (non-hydrogen) atoms. The number of benzene rings is 1. The highest BCUT2D eigenvalue weighted by Gasteiger charge is 2.20. The number of halogens is 2. The lowest BCUT2D eigenvalue weighted by molar-refractivity contribution is -0.0506. The number of rotatable bonds is 2. The summed E-state index contributed by atoms with van der Waals surface area (Å²) in [5.74, 6) is 0.923. The van der Waals surface area contributed by atoms with E-state index in [1.807, 2.05) is 6.92 Å². The summed E-state index contributed by atoms with van der Waals surface area (Å²) in [5, 5.41) is 0. The topological polar surface area (TPSA) is 9.23 Å². The summed E-state index contributed by atoms with van der Waals surface area (Å²) >= 11 is 0. The Bertz CT molecular complexity index is 388. The SMILES string of the molecule is Cc1cc2c(c(OC(F)F)c1)CC(C)CC2. The van der Waals surface area contributed by atoms with Crippen molar-refractivity contribution < 1.29 is 13.5 Å². The number of hydrogen-bond acceptors (Lipinski definition) is 1. The molecule has 0 saturated carbocycles. The normalized spacial score (nSPS) is 19.7. The van der Waals surface area contributed by atoms with Gasteiger partial charge < -0.3 is 4.74 Å². The smallest absolute Gasteiger partial charge is 0.387 e. The molecule has 0 N–H and O–H groups in total. The summed E-state index contributed by atoms with van der Waals surface area (Å²) in [5.41, 5.74) is 3.14. The Morgan fingerprint density at radius 3 is 2.81 bits per heavy atom. The van der Waals surface area contributed by atoms with Gasteiger partial charge in [0.25, 0.3) is 0 Å². The van der Waals surface area contributed by atoms with Crippen molar-refractivity contribution in [1.82, 2.24) is 0 Å². The molecular formula is C13H16F2O. The molecule has 2 rings (SSSR count). The van der Waals surface area contributed by atoms with Crippen LogP contribution in [0.2, 0.25) is 0 Å². The maximum absolute atomic E-state index is 12.3. The Hall–Kier alpha value is -1.12. The van der Waals surface area contributed by atoms with Crippen LogP contribution in [0.15, 0.2) is 12.1 Å². The van der Waals surface area contributed by atoms with E-state index in [-0.39, 0.29) is 0 Å². The average molecular weight is 226 g/mol. The first-order valence-electron chi connectivity index (χ1n) is 5.63. The summed E-state index contributed by atoms with van der Waals surface area (Å²) in [4.78, 5) is 0. The maximum atomic E-state index is 12.3. The average Bonchev–Trinajstić information content (AvgIpc) is 2.18. The monoisotopic (exact) mass is 226 g/mol. The van der Waals surface area contributed by atoms with Gasteiger partial charge in [0.05, 0.1) is 0 Å². The minimum absolute atomic E-state index is 0.372. The van der Waals surface area contributed by atoms with Gasteiger partial charge in [0.2, 0.25) is 0 Å². The fourth-order valence-electron chi connectivity index (χ4n) is 2.36. The first-order valence-corrected chi connectivity index (χ1v) is 5.63. The summed E-state index contributed by atoms with van der Waals surface area (Å²) in [6.45, 7) is 1.33. The fraction of sp³-hybridized carbons (Fsp3) is 0.538. The van der Waals surface area contributed by atoms with E-state index in [9.17, 15) is 8.78 Å². The van der Waals surface area contributed by atoms with E-state index in [1.165, 1.54) is 5.56 Å². The third-order valence-corrected chi connectivity index (χ3v) is 3.12. The summed E-state index contributed by atoms with van der Waals surface area (Å²) < 4.78 is 29.2. The highest BCUT2D eigenvalue weighted by molar-refractivity contribution is 5.45. The van der Waals surface area contributed by atoms with Gasteiger partial charge in [-0.1, -0.05) is 13.0 Å². The molecule has 0 amide bonds. The van der Waals surface area contributed by atoms with E-state index in [0.29, 0.717) is 11.7 Å². The zero-order valence-corrected chi connectivity index (χ0v) is 9.59. The van der Waals surface area contributed by atoms with Gasteiger partial charge in [-0.25, -0.2) is 0 Å². The highest BCUT2D eigenvalue weighted by atomic mass is 19.3. The van der Waals surface area contributed by atoms with Crippen LogP contribution in [0, 0.1) is 12.8 Å². The van der Waals surface area contributed by atoms with E-state index < -0.39 is 6.61 Å². The second-order valence-electron chi connectivity index (χ2n) is 4.63. The number of ether oxygens (including phenoxy) is 1. The van der Waals surface area contributed by atoms with Crippen LogP contribution in [-0.2, 0) is 12.8 Å². The molecule has 1 nitrogen and oxygen atoms in total. The van der Waals surface area contributed by atoms with Crippen LogP contribution in [0.4, 0.5) is 8.78 Å².